The van der Waals surface area contributed by atoms with E-state index < -0.39 is 0 Å². The highest BCUT2D eigenvalue weighted by molar-refractivity contribution is 5.49. The Morgan fingerprint density at radius 2 is 2.17 bits per heavy atom. The minimum atomic E-state index is -0.322. The minimum absolute atomic E-state index is 0.227. The van der Waals surface area contributed by atoms with Gasteiger partial charge in [-0.25, -0.2) is 4.39 Å². The average molecular weight is 252 g/mol. The molecule has 100 valence electrons. The maximum Gasteiger partial charge on any atom is 0.167 e. The van der Waals surface area contributed by atoms with Crippen molar-refractivity contribution in [1.82, 2.24) is 0 Å². The molecule has 1 aliphatic carbocycles. The summed E-state index contributed by atoms with van der Waals surface area (Å²) in [5.41, 5.74) is 6.95. The monoisotopic (exact) mass is 252 g/mol. The Bertz CT molecular complexity index is 413. The Labute approximate surface area is 108 Å². The molecule has 0 amide bonds. The molecule has 3 nitrogen and oxygen atoms in total. The van der Waals surface area contributed by atoms with Gasteiger partial charge >= 0.3 is 0 Å². The molecule has 0 unspecified atom stereocenters. The van der Waals surface area contributed by atoms with Crippen LogP contribution in [0.3, 0.4) is 0 Å². The number of hydrogen-bond donors (Lipinski definition) is 1. The second kappa shape index (κ2) is 5.14. The van der Waals surface area contributed by atoms with Crippen molar-refractivity contribution in [3.05, 3.63) is 24.0 Å². The molecule has 0 aliphatic heterocycles. The van der Waals surface area contributed by atoms with Gasteiger partial charge in [0.2, 0.25) is 0 Å². The maximum absolute atomic E-state index is 13.6. The lowest BCUT2D eigenvalue weighted by atomic mass is 9.68. The van der Waals surface area contributed by atoms with Crippen LogP contribution in [0.2, 0.25) is 0 Å². The standard InChI is InChI=1S/C14H21FN2O/c1-17(10-14(9-16)6-3-7-14)11-4-5-13(18-2)12(15)8-11/h4-5,8H,3,6-7,9-10,16H2,1-2H3. The molecule has 18 heavy (non-hydrogen) atoms. The Morgan fingerprint density at radius 1 is 1.44 bits per heavy atom. The highest BCUT2D eigenvalue weighted by Crippen LogP contribution is 2.41. The number of methoxy groups -OCH3 is 1. The predicted molar refractivity (Wildman–Crippen MR) is 71.6 cm³/mol. The second-order valence-electron chi connectivity index (χ2n) is 5.23. The highest BCUT2D eigenvalue weighted by atomic mass is 19.1. The summed E-state index contributed by atoms with van der Waals surface area (Å²) in [4.78, 5) is 2.08. The zero-order valence-electron chi connectivity index (χ0n) is 11.1. The molecule has 1 aromatic carbocycles. The van der Waals surface area contributed by atoms with Crippen LogP contribution in [0, 0.1) is 11.2 Å². The summed E-state index contributed by atoms with van der Waals surface area (Å²) in [6, 6.07) is 5.06. The number of halogens is 1. The van der Waals surface area contributed by atoms with Crippen molar-refractivity contribution >= 4 is 5.69 Å². The fourth-order valence-corrected chi connectivity index (χ4v) is 2.59. The molecule has 4 heteroatoms. The number of nitrogens with zero attached hydrogens (tertiary/aromatic N) is 1. The van der Waals surface area contributed by atoms with E-state index in [0.717, 1.165) is 12.2 Å². The molecular formula is C14H21FN2O. The van der Waals surface area contributed by atoms with Crippen LogP contribution in [0.15, 0.2) is 18.2 Å². The molecule has 0 bridgehead atoms. The fourth-order valence-electron chi connectivity index (χ4n) is 2.59. The lowest BCUT2D eigenvalue weighted by molar-refractivity contribution is 0.154. The van der Waals surface area contributed by atoms with Crippen molar-refractivity contribution in [1.29, 1.82) is 0 Å². The lowest BCUT2D eigenvalue weighted by Crippen LogP contribution is -2.46. The van der Waals surface area contributed by atoms with E-state index in [1.165, 1.54) is 32.4 Å². The van der Waals surface area contributed by atoms with E-state index in [4.69, 9.17) is 10.5 Å². The summed E-state index contributed by atoms with van der Waals surface area (Å²) in [6.45, 7) is 1.59. The molecule has 0 heterocycles. The summed E-state index contributed by atoms with van der Waals surface area (Å²) in [5.74, 6) is -0.0402. The van der Waals surface area contributed by atoms with Crippen LogP contribution in [-0.4, -0.2) is 27.2 Å². The molecular weight excluding hydrogens is 231 g/mol. The topological polar surface area (TPSA) is 38.5 Å². The van der Waals surface area contributed by atoms with Crippen LogP contribution in [-0.2, 0) is 0 Å². The first-order chi connectivity index (χ1) is 8.60. The summed E-state index contributed by atoms with van der Waals surface area (Å²) < 4.78 is 18.6. The van der Waals surface area contributed by atoms with Crippen LogP contribution in [0.25, 0.3) is 0 Å². The Kier molecular flexibility index (Phi) is 3.76. The normalized spacial score (nSPS) is 17.1. The molecule has 1 aliphatic rings. The summed E-state index contributed by atoms with van der Waals surface area (Å²) in [6.07, 6.45) is 3.60. The Morgan fingerprint density at radius 3 is 2.61 bits per heavy atom. The van der Waals surface area contributed by atoms with Gasteiger partial charge in [-0.1, -0.05) is 6.42 Å². The van der Waals surface area contributed by atoms with Gasteiger partial charge in [-0.2, -0.15) is 0 Å². The van der Waals surface area contributed by atoms with Crippen LogP contribution in [0.4, 0.5) is 10.1 Å². The van der Waals surface area contributed by atoms with Crippen molar-refractivity contribution in [3.63, 3.8) is 0 Å². The first-order valence-electron chi connectivity index (χ1n) is 6.35. The minimum Gasteiger partial charge on any atom is -0.494 e. The number of anilines is 1. The number of benzene rings is 1. The van der Waals surface area contributed by atoms with E-state index in [-0.39, 0.29) is 17.0 Å². The van der Waals surface area contributed by atoms with E-state index in [1.807, 2.05) is 13.1 Å². The zero-order valence-corrected chi connectivity index (χ0v) is 11.1. The van der Waals surface area contributed by atoms with Crippen molar-refractivity contribution in [3.8, 4) is 5.75 Å². The van der Waals surface area contributed by atoms with E-state index in [1.54, 1.807) is 6.07 Å². The molecule has 0 radical (unpaired) electrons. The average Bonchev–Trinajstić information content (AvgIpc) is 2.33. The summed E-state index contributed by atoms with van der Waals surface area (Å²) in [5, 5.41) is 0. The van der Waals surface area contributed by atoms with E-state index in [9.17, 15) is 4.39 Å². The molecule has 2 N–H and O–H groups in total. The molecule has 2 rings (SSSR count). The third-order valence-corrected chi connectivity index (χ3v) is 4.00. The van der Waals surface area contributed by atoms with Crippen LogP contribution in [0.1, 0.15) is 19.3 Å². The van der Waals surface area contributed by atoms with Gasteiger partial charge < -0.3 is 15.4 Å². The lowest BCUT2D eigenvalue weighted by Gasteiger charge is -2.44. The number of hydrogen-bond acceptors (Lipinski definition) is 3. The van der Waals surface area contributed by atoms with Gasteiger partial charge in [0.15, 0.2) is 11.6 Å². The number of ether oxygens (including phenoxy) is 1. The van der Waals surface area contributed by atoms with Gasteiger partial charge in [0.25, 0.3) is 0 Å². The maximum atomic E-state index is 13.6. The molecule has 0 spiro atoms. The Hall–Kier alpha value is -1.29. The largest absolute Gasteiger partial charge is 0.494 e. The molecule has 1 aromatic rings. The van der Waals surface area contributed by atoms with Gasteiger partial charge in [-0.3, -0.25) is 0 Å². The highest BCUT2D eigenvalue weighted by Gasteiger charge is 2.36. The Balaban J connectivity index is 2.09. The van der Waals surface area contributed by atoms with Gasteiger partial charge in [0.1, 0.15) is 0 Å². The van der Waals surface area contributed by atoms with Gasteiger partial charge in [0, 0.05) is 30.8 Å². The SMILES string of the molecule is COc1ccc(N(C)CC2(CN)CCC2)cc1F. The van der Waals surface area contributed by atoms with Crippen molar-refractivity contribution in [2.45, 2.75) is 19.3 Å². The van der Waals surface area contributed by atoms with Crippen LogP contribution in [0.5, 0.6) is 5.75 Å². The summed E-state index contributed by atoms with van der Waals surface area (Å²) in [7, 11) is 3.45. The van der Waals surface area contributed by atoms with Crippen molar-refractivity contribution < 1.29 is 9.13 Å². The third kappa shape index (κ3) is 2.43. The van der Waals surface area contributed by atoms with E-state index in [0.29, 0.717) is 6.54 Å². The molecule has 0 aromatic heterocycles. The predicted octanol–water partition coefficient (Wildman–Crippen LogP) is 2.40. The second-order valence-corrected chi connectivity index (χ2v) is 5.23. The van der Waals surface area contributed by atoms with Crippen molar-refractivity contribution in [2.75, 3.05) is 32.1 Å². The van der Waals surface area contributed by atoms with Gasteiger partial charge in [-0.05, 0) is 31.5 Å². The number of nitrogens with two attached hydrogens (primary N) is 1. The number of rotatable bonds is 5. The van der Waals surface area contributed by atoms with Crippen LogP contribution < -0.4 is 15.4 Å². The molecule has 0 saturated heterocycles. The first-order valence-corrected chi connectivity index (χ1v) is 6.35. The van der Waals surface area contributed by atoms with Crippen LogP contribution >= 0.6 is 0 Å². The zero-order chi connectivity index (χ0) is 13.2. The van der Waals surface area contributed by atoms with Gasteiger partial charge in [-0.15, -0.1) is 0 Å². The van der Waals surface area contributed by atoms with Crippen molar-refractivity contribution in [2.24, 2.45) is 11.1 Å². The molecule has 0 atom stereocenters. The summed E-state index contributed by atoms with van der Waals surface area (Å²) >= 11 is 0. The van der Waals surface area contributed by atoms with Gasteiger partial charge in [0.05, 0.1) is 7.11 Å². The first kappa shape index (κ1) is 13.1. The molecule has 1 saturated carbocycles. The van der Waals surface area contributed by atoms with E-state index >= 15 is 0 Å². The quantitative estimate of drug-likeness (QED) is 0.874. The third-order valence-electron chi connectivity index (χ3n) is 4.00. The fraction of sp³-hybridized carbons (Fsp3) is 0.571. The smallest absolute Gasteiger partial charge is 0.167 e. The van der Waals surface area contributed by atoms with E-state index in [2.05, 4.69) is 4.90 Å². The molecule has 1 fully saturated rings.